The summed E-state index contributed by atoms with van der Waals surface area (Å²) in [5.41, 5.74) is 12.9. The second-order valence-corrected chi connectivity index (χ2v) is 7.50. The van der Waals surface area contributed by atoms with Crippen LogP contribution in [0.2, 0.25) is 0 Å². The number of nitrogens with zero attached hydrogens (tertiary/aromatic N) is 2. The largest absolute Gasteiger partial charge is 0.355 e. The first-order valence-corrected chi connectivity index (χ1v) is 9.54. The van der Waals surface area contributed by atoms with E-state index in [1.165, 1.54) is 5.56 Å². The predicted molar refractivity (Wildman–Crippen MR) is 118 cm³/mol. The number of hydrogen-bond donors (Lipinski definition) is 2. The van der Waals surface area contributed by atoms with E-state index in [0.717, 1.165) is 61.5 Å². The van der Waals surface area contributed by atoms with E-state index in [0.29, 0.717) is 0 Å². The molecule has 8 bridgehead atoms. The number of aryl methyl sites for hydroxylation is 3. The van der Waals surface area contributed by atoms with Gasteiger partial charge in [0, 0.05) is 47.1 Å². The van der Waals surface area contributed by atoms with Crippen molar-refractivity contribution in [2.45, 2.75) is 27.7 Å². The number of aromatic amines is 2. The quantitative estimate of drug-likeness (QED) is 0.300. The number of fused-ring (bicyclic) bond motifs is 8. The van der Waals surface area contributed by atoms with Crippen LogP contribution in [0.25, 0.3) is 46.4 Å². The zero-order valence-electron chi connectivity index (χ0n) is 17.2. The van der Waals surface area contributed by atoms with Gasteiger partial charge in [0.1, 0.15) is 0 Å². The molecule has 0 aliphatic carbocycles. The van der Waals surface area contributed by atoms with Gasteiger partial charge in [-0.3, -0.25) is 0 Å². The maximum Gasteiger partial charge on any atom is 0.0688 e. The van der Waals surface area contributed by atoms with Crippen LogP contribution in [0.5, 0.6) is 0 Å². The van der Waals surface area contributed by atoms with Crippen molar-refractivity contribution in [3.05, 3.63) is 69.3 Å². The van der Waals surface area contributed by atoms with E-state index in [4.69, 9.17) is 9.97 Å². The fourth-order valence-corrected chi connectivity index (χ4v) is 3.78. The summed E-state index contributed by atoms with van der Waals surface area (Å²) in [7, 11) is 0. The molecule has 0 unspecified atom stereocenters. The topological polar surface area (TPSA) is 57.4 Å². The summed E-state index contributed by atoms with van der Waals surface area (Å²) in [5.74, 6) is 0. The summed E-state index contributed by atoms with van der Waals surface area (Å²) in [4.78, 5) is 16.8. The van der Waals surface area contributed by atoms with Crippen molar-refractivity contribution >= 4 is 46.4 Å². The van der Waals surface area contributed by atoms with E-state index in [2.05, 4.69) is 86.2 Å². The Morgan fingerprint density at radius 1 is 0.483 bits per heavy atom. The van der Waals surface area contributed by atoms with Crippen molar-refractivity contribution in [3.8, 4) is 0 Å². The summed E-state index contributed by atoms with van der Waals surface area (Å²) in [6, 6.07) is 8.52. The van der Waals surface area contributed by atoms with Gasteiger partial charge in [-0.25, -0.2) is 9.97 Å². The number of H-pyrrole nitrogens is 2. The molecular formula is C24H22N4Zn. The monoisotopic (exact) mass is 430 g/mol. The fourth-order valence-electron chi connectivity index (χ4n) is 3.78. The molecule has 2 aliphatic heterocycles. The molecule has 0 saturated heterocycles. The van der Waals surface area contributed by atoms with Crippen molar-refractivity contribution in [3.63, 3.8) is 0 Å². The molecule has 5 heteroatoms. The van der Waals surface area contributed by atoms with Gasteiger partial charge in [0.05, 0.1) is 22.8 Å². The molecule has 29 heavy (non-hydrogen) atoms. The van der Waals surface area contributed by atoms with Crippen LogP contribution < -0.4 is 0 Å². The van der Waals surface area contributed by atoms with Crippen molar-refractivity contribution in [1.82, 2.24) is 19.9 Å². The SMILES string of the molecule is Cc1c2nc(c(C)c3ccc([nH]3)c(C)c3ccc([nH]3)c(C)c3nc1C=C3)C=C2.[Zn]. The van der Waals surface area contributed by atoms with Gasteiger partial charge in [-0.05, 0) is 93.0 Å². The van der Waals surface area contributed by atoms with E-state index in [-0.39, 0.29) is 19.5 Å². The molecule has 5 rings (SSSR count). The van der Waals surface area contributed by atoms with Gasteiger partial charge >= 0.3 is 0 Å². The van der Waals surface area contributed by atoms with Gasteiger partial charge in [0.15, 0.2) is 0 Å². The maximum absolute atomic E-state index is 4.86. The second-order valence-electron chi connectivity index (χ2n) is 7.50. The van der Waals surface area contributed by atoms with Crippen LogP contribution in [0.4, 0.5) is 0 Å². The van der Waals surface area contributed by atoms with Gasteiger partial charge in [0.2, 0.25) is 0 Å². The first kappa shape index (κ1) is 19.5. The average molecular weight is 432 g/mol. The molecule has 4 nitrogen and oxygen atoms in total. The van der Waals surface area contributed by atoms with Crippen LogP contribution in [0, 0.1) is 27.7 Å². The van der Waals surface area contributed by atoms with E-state index in [9.17, 15) is 0 Å². The Morgan fingerprint density at radius 3 is 1.17 bits per heavy atom. The van der Waals surface area contributed by atoms with Crippen LogP contribution in [0.1, 0.15) is 45.0 Å². The van der Waals surface area contributed by atoms with E-state index in [1.807, 2.05) is 0 Å². The number of nitrogens with one attached hydrogen (secondary N) is 2. The summed E-state index contributed by atoms with van der Waals surface area (Å²) in [6.45, 7) is 8.44. The summed E-state index contributed by atoms with van der Waals surface area (Å²) >= 11 is 0. The van der Waals surface area contributed by atoms with Crippen molar-refractivity contribution < 1.29 is 19.5 Å². The van der Waals surface area contributed by atoms with Gasteiger partial charge in [0.25, 0.3) is 0 Å². The molecule has 0 fully saturated rings. The number of hydrogen-bond acceptors (Lipinski definition) is 2. The second kappa shape index (κ2) is 7.24. The molecule has 5 heterocycles. The minimum absolute atomic E-state index is 0. The Labute approximate surface area is 182 Å². The summed E-state index contributed by atoms with van der Waals surface area (Å²) < 4.78 is 0. The van der Waals surface area contributed by atoms with E-state index in [1.54, 1.807) is 0 Å². The molecule has 140 valence electrons. The molecule has 0 amide bonds. The molecule has 2 aliphatic rings. The van der Waals surface area contributed by atoms with Crippen LogP contribution in [-0.2, 0) is 19.5 Å². The molecule has 2 N–H and O–H groups in total. The maximum atomic E-state index is 4.86. The van der Waals surface area contributed by atoms with Crippen molar-refractivity contribution in [2.75, 3.05) is 0 Å². The Morgan fingerprint density at radius 2 is 0.793 bits per heavy atom. The standard InChI is InChI=1S/C24H22N4.Zn/c1-13-17-5-7-19(25-17)14(2)21-9-11-23(27-21)16(4)24-12-10-22(28-24)15(3)20-8-6-18(13)26-20;/h5-12,25-26H,1-4H3;. The zero-order valence-corrected chi connectivity index (χ0v) is 20.2. The van der Waals surface area contributed by atoms with Crippen LogP contribution in [-0.4, -0.2) is 19.9 Å². The van der Waals surface area contributed by atoms with E-state index < -0.39 is 0 Å². The average Bonchev–Trinajstić information content (AvgIpc) is 3.49. The van der Waals surface area contributed by atoms with Gasteiger partial charge in [-0.15, -0.1) is 0 Å². The molecule has 0 radical (unpaired) electrons. The first-order chi connectivity index (χ1) is 13.5. The van der Waals surface area contributed by atoms with Gasteiger partial charge in [-0.2, -0.15) is 0 Å². The van der Waals surface area contributed by atoms with Gasteiger partial charge < -0.3 is 9.97 Å². The van der Waals surface area contributed by atoms with Crippen LogP contribution in [0.15, 0.2) is 24.3 Å². The Hall–Kier alpha value is -2.78. The molecule has 0 atom stereocenters. The minimum Gasteiger partial charge on any atom is -0.355 e. The Kier molecular flexibility index (Phi) is 4.88. The minimum atomic E-state index is 0. The summed E-state index contributed by atoms with van der Waals surface area (Å²) in [5, 5.41) is 0. The third-order valence-corrected chi connectivity index (χ3v) is 5.80. The number of aromatic nitrogens is 4. The summed E-state index contributed by atoms with van der Waals surface area (Å²) in [6.07, 6.45) is 8.33. The normalized spacial score (nSPS) is 12.3. The third-order valence-electron chi connectivity index (χ3n) is 5.80. The molecular weight excluding hydrogens is 410 g/mol. The molecule has 3 aromatic rings. The smallest absolute Gasteiger partial charge is 0.0688 e. The van der Waals surface area contributed by atoms with Crippen LogP contribution >= 0.6 is 0 Å². The number of rotatable bonds is 0. The Balaban J connectivity index is 0.00000205. The molecule has 0 saturated carbocycles. The third kappa shape index (κ3) is 3.20. The van der Waals surface area contributed by atoms with Crippen LogP contribution in [0.3, 0.4) is 0 Å². The fraction of sp³-hybridized carbons (Fsp3) is 0.167. The Bertz CT molecular complexity index is 1250. The van der Waals surface area contributed by atoms with E-state index >= 15 is 0 Å². The zero-order chi connectivity index (χ0) is 19.4. The van der Waals surface area contributed by atoms with Crippen molar-refractivity contribution in [1.29, 1.82) is 0 Å². The first-order valence-electron chi connectivity index (χ1n) is 9.54. The van der Waals surface area contributed by atoms with Crippen molar-refractivity contribution in [2.24, 2.45) is 0 Å². The molecule has 0 spiro atoms. The molecule has 3 aromatic heterocycles. The van der Waals surface area contributed by atoms with Gasteiger partial charge in [-0.1, -0.05) is 0 Å². The predicted octanol–water partition coefficient (Wildman–Crippen LogP) is 5.89. The molecule has 0 aromatic carbocycles.